The van der Waals surface area contributed by atoms with Crippen LogP contribution >= 0.6 is 0 Å². The van der Waals surface area contributed by atoms with E-state index in [1.165, 1.54) is 5.56 Å². The molecule has 0 bridgehead atoms. The lowest BCUT2D eigenvalue weighted by Crippen LogP contribution is -2.13. The van der Waals surface area contributed by atoms with Gasteiger partial charge in [0, 0.05) is 5.56 Å². The lowest BCUT2D eigenvalue weighted by atomic mass is 9.85. The molecule has 3 heteroatoms. The number of aliphatic hydroxyl groups excluding tert-OH is 1. The Bertz CT molecular complexity index is 284. The molecule has 5 N–H and O–H groups in total. The SMILES string of the molecule is N.OC(O)c1cccc2c1CC2. The predicted octanol–water partition coefficient (Wildman–Crippen LogP) is 0.930. The zero-order valence-electron chi connectivity index (χ0n) is 6.83. The van der Waals surface area contributed by atoms with Gasteiger partial charge in [0.1, 0.15) is 0 Å². The second-order valence-electron chi connectivity index (χ2n) is 2.86. The van der Waals surface area contributed by atoms with Crippen LogP contribution in [0, 0.1) is 0 Å². The van der Waals surface area contributed by atoms with Gasteiger partial charge in [-0.15, -0.1) is 0 Å². The molecule has 0 amide bonds. The molecule has 1 aromatic carbocycles. The Labute approximate surface area is 71.2 Å². The molecule has 2 rings (SSSR count). The third kappa shape index (κ3) is 1.22. The third-order valence-electron chi connectivity index (χ3n) is 2.23. The molecule has 0 unspecified atom stereocenters. The first-order valence-electron chi connectivity index (χ1n) is 3.76. The summed E-state index contributed by atoms with van der Waals surface area (Å²) in [6.07, 6.45) is 0.768. The molecule has 0 atom stereocenters. The van der Waals surface area contributed by atoms with Crippen LogP contribution in [-0.2, 0) is 12.8 Å². The average molecular weight is 167 g/mol. The highest BCUT2D eigenvalue weighted by Crippen LogP contribution is 2.28. The van der Waals surface area contributed by atoms with Crippen molar-refractivity contribution in [3.63, 3.8) is 0 Å². The van der Waals surface area contributed by atoms with Gasteiger partial charge in [-0.2, -0.15) is 0 Å². The first-order valence-corrected chi connectivity index (χ1v) is 3.76. The van der Waals surface area contributed by atoms with Crippen LogP contribution in [0.2, 0.25) is 0 Å². The van der Waals surface area contributed by atoms with Crippen molar-refractivity contribution in [3.05, 3.63) is 34.9 Å². The minimum atomic E-state index is -1.30. The van der Waals surface area contributed by atoms with Gasteiger partial charge in [0.25, 0.3) is 0 Å². The van der Waals surface area contributed by atoms with Gasteiger partial charge in [-0.25, -0.2) is 0 Å². The van der Waals surface area contributed by atoms with Crippen LogP contribution < -0.4 is 6.15 Å². The lowest BCUT2D eigenvalue weighted by Gasteiger charge is -2.22. The Hall–Kier alpha value is -0.900. The molecule has 66 valence electrons. The van der Waals surface area contributed by atoms with E-state index in [9.17, 15) is 0 Å². The van der Waals surface area contributed by atoms with E-state index in [0.29, 0.717) is 5.56 Å². The minimum absolute atomic E-state index is 0. The molecule has 0 heterocycles. The van der Waals surface area contributed by atoms with Gasteiger partial charge in [-0.3, -0.25) is 0 Å². The molecule has 0 aliphatic heterocycles. The highest BCUT2D eigenvalue weighted by atomic mass is 16.5. The van der Waals surface area contributed by atoms with Crippen molar-refractivity contribution < 1.29 is 10.2 Å². The Morgan fingerprint density at radius 2 is 1.92 bits per heavy atom. The molecule has 1 aliphatic rings. The van der Waals surface area contributed by atoms with Crippen LogP contribution in [0.15, 0.2) is 18.2 Å². The maximum Gasteiger partial charge on any atom is 0.178 e. The summed E-state index contributed by atoms with van der Waals surface area (Å²) >= 11 is 0. The normalized spacial score (nSPS) is 13.2. The number of hydrogen-bond donors (Lipinski definition) is 3. The van der Waals surface area contributed by atoms with E-state index in [4.69, 9.17) is 10.2 Å². The lowest BCUT2D eigenvalue weighted by molar-refractivity contribution is -0.0434. The minimum Gasteiger partial charge on any atom is -0.364 e. The van der Waals surface area contributed by atoms with Gasteiger partial charge in [0.05, 0.1) is 0 Å². The molecular formula is C9H13NO2. The molecule has 1 aliphatic carbocycles. The molecular weight excluding hydrogens is 154 g/mol. The number of hydrogen-bond acceptors (Lipinski definition) is 3. The Balaban J connectivity index is 0.000000720. The quantitative estimate of drug-likeness (QED) is 0.544. The van der Waals surface area contributed by atoms with E-state index in [0.717, 1.165) is 18.4 Å². The van der Waals surface area contributed by atoms with Crippen molar-refractivity contribution >= 4 is 0 Å². The maximum atomic E-state index is 8.92. The summed E-state index contributed by atoms with van der Waals surface area (Å²) in [5, 5.41) is 17.8. The summed E-state index contributed by atoms with van der Waals surface area (Å²) < 4.78 is 0. The molecule has 0 radical (unpaired) electrons. The second-order valence-corrected chi connectivity index (χ2v) is 2.86. The van der Waals surface area contributed by atoms with Gasteiger partial charge < -0.3 is 16.4 Å². The summed E-state index contributed by atoms with van der Waals surface area (Å²) in [4.78, 5) is 0. The summed E-state index contributed by atoms with van der Waals surface area (Å²) in [5.41, 5.74) is 3.06. The Morgan fingerprint density at radius 1 is 1.17 bits per heavy atom. The zero-order chi connectivity index (χ0) is 7.84. The molecule has 12 heavy (non-hydrogen) atoms. The fraction of sp³-hybridized carbons (Fsp3) is 0.333. The van der Waals surface area contributed by atoms with Gasteiger partial charge >= 0.3 is 0 Å². The van der Waals surface area contributed by atoms with E-state index in [1.807, 2.05) is 12.1 Å². The summed E-state index contributed by atoms with van der Waals surface area (Å²) in [6.45, 7) is 0. The summed E-state index contributed by atoms with van der Waals surface area (Å²) in [5.74, 6) is 0. The number of fused-ring (bicyclic) bond motifs is 1. The zero-order valence-corrected chi connectivity index (χ0v) is 6.83. The summed E-state index contributed by atoms with van der Waals surface area (Å²) in [6, 6.07) is 5.67. The van der Waals surface area contributed by atoms with Crippen molar-refractivity contribution in [1.82, 2.24) is 6.15 Å². The van der Waals surface area contributed by atoms with Gasteiger partial charge in [-0.05, 0) is 24.0 Å². The monoisotopic (exact) mass is 167 g/mol. The van der Waals surface area contributed by atoms with E-state index >= 15 is 0 Å². The van der Waals surface area contributed by atoms with Crippen LogP contribution in [-0.4, -0.2) is 10.2 Å². The van der Waals surface area contributed by atoms with Crippen molar-refractivity contribution in [2.24, 2.45) is 0 Å². The third-order valence-corrected chi connectivity index (χ3v) is 2.23. The van der Waals surface area contributed by atoms with Crippen molar-refractivity contribution in [2.45, 2.75) is 19.1 Å². The van der Waals surface area contributed by atoms with Crippen LogP contribution in [0.5, 0.6) is 0 Å². The first kappa shape index (κ1) is 9.19. The van der Waals surface area contributed by atoms with Crippen molar-refractivity contribution in [1.29, 1.82) is 0 Å². The number of aliphatic hydroxyl groups is 2. The molecule has 0 saturated carbocycles. The van der Waals surface area contributed by atoms with Gasteiger partial charge in [0.2, 0.25) is 0 Å². The molecule has 1 aromatic rings. The largest absolute Gasteiger partial charge is 0.364 e. The van der Waals surface area contributed by atoms with Crippen LogP contribution in [0.25, 0.3) is 0 Å². The number of aryl methyl sites for hydroxylation is 1. The van der Waals surface area contributed by atoms with Crippen molar-refractivity contribution in [3.8, 4) is 0 Å². The Kier molecular flexibility index (Phi) is 2.47. The fourth-order valence-electron chi connectivity index (χ4n) is 1.52. The smallest absolute Gasteiger partial charge is 0.178 e. The van der Waals surface area contributed by atoms with Crippen LogP contribution in [0.3, 0.4) is 0 Å². The van der Waals surface area contributed by atoms with E-state index < -0.39 is 6.29 Å². The Morgan fingerprint density at radius 3 is 2.33 bits per heavy atom. The molecule has 0 saturated heterocycles. The molecule has 0 spiro atoms. The fourth-order valence-corrected chi connectivity index (χ4v) is 1.52. The van der Waals surface area contributed by atoms with E-state index in [1.54, 1.807) is 6.07 Å². The van der Waals surface area contributed by atoms with Gasteiger partial charge in [0.15, 0.2) is 6.29 Å². The van der Waals surface area contributed by atoms with Crippen molar-refractivity contribution in [2.75, 3.05) is 0 Å². The standard InChI is InChI=1S/C9H10O2.H3N/c10-9(11)8-3-1-2-6-4-5-7(6)8;/h1-3,9-11H,4-5H2;1H3. The van der Waals surface area contributed by atoms with Crippen LogP contribution in [0.4, 0.5) is 0 Å². The van der Waals surface area contributed by atoms with Crippen LogP contribution in [0.1, 0.15) is 23.0 Å². The predicted molar refractivity (Wildman–Crippen MR) is 46.1 cm³/mol. The highest BCUT2D eigenvalue weighted by molar-refractivity contribution is 5.42. The first-order chi connectivity index (χ1) is 5.29. The average Bonchev–Trinajstić information content (AvgIpc) is 1.90. The molecule has 0 fully saturated rings. The maximum absolute atomic E-state index is 8.92. The number of rotatable bonds is 1. The second kappa shape index (κ2) is 3.23. The van der Waals surface area contributed by atoms with E-state index in [2.05, 4.69) is 0 Å². The molecule has 0 aromatic heterocycles. The highest BCUT2D eigenvalue weighted by Gasteiger charge is 2.18. The summed E-state index contributed by atoms with van der Waals surface area (Å²) in [7, 11) is 0. The van der Waals surface area contributed by atoms with Gasteiger partial charge in [-0.1, -0.05) is 18.2 Å². The topological polar surface area (TPSA) is 75.5 Å². The van der Waals surface area contributed by atoms with E-state index in [-0.39, 0.29) is 6.15 Å². The number of benzene rings is 1. The molecule has 3 nitrogen and oxygen atoms in total.